The van der Waals surface area contributed by atoms with Crippen molar-refractivity contribution in [2.45, 2.75) is 13.0 Å². The number of benzene rings is 1. The zero-order valence-electron chi connectivity index (χ0n) is 12.3. The number of hydrogen-bond acceptors (Lipinski definition) is 5. The van der Waals surface area contributed by atoms with Crippen molar-refractivity contribution in [3.05, 3.63) is 47.9 Å². The molecule has 0 atom stereocenters. The van der Waals surface area contributed by atoms with Crippen molar-refractivity contribution in [1.82, 2.24) is 10.1 Å². The van der Waals surface area contributed by atoms with E-state index in [1.807, 2.05) is 47.0 Å². The van der Waals surface area contributed by atoms with Crippen molar-refractivity contribution in [2.24, 2.45) is 0 Å². The molecule has 0 saturated carbocycles. The zero-order valence-corrected chi connectivity index (χ0v) is 13.1. The van der Waals surface area contributed by atoms with Gasteiger partial charge in [0.1, 0.15) is 12.0 Å². The SMILES string of the molecule is O=C(Cc1ccc(NCc2ccon2)cc1)N1CCSCC1. The molecule has 1 aliphatic heterocycles. The first-order valence-corrected chi connectivity index (χ1v) is 8.54. The summed E-state index contributed by atoms with van der Waals surface area (Å²) in [5, 5.41) is 7.12. The summed E-state index contributed by atoms with van der Waals surface area (Å²) in [4.78, 5) is 14.2. The Balaban J connectivity index is 1.51. The Hall–Kier alpha value is -1.95. The largest absolute Gasteiger partial charge is 0.379 e. The normalized spacial score (nSPS) is 14.8. The summed E-state index contributed by atoms with van der Waals surface area (Å²) in [6.45, 7) is 2.38. The smallest absolute Gasteiger partial charge is 0.227 e. The van der Waals surface area contributed by atoms with Gasteiger partial charge in [-0.15, -0.1) is 0 Å². The zero-order chi connectivity index (χ0) is 15.2. The van der Waals surface area contributed by atoms with Gasteiger partial charge in [0.25, 0.3) is 0 Å². The molecule has 0 spiro atoms. The Bertz CT molecular complexity index is 592. The van der Waals surface area contributed by atoms with Gasteiger partial charge in [0.05, 0.1) is 13.0 Å². The van der Waals surface area contributed by atoms with Crippen LogP contribution in [0.2, 0.25) is 0 Å². The maximum Gasteiger partial charge on any atom is 0.227 e. The standard InChI is InChI=1S/C16H19N3O2S/c20-16(19-6-9-22-10-7-19)11-13-1-3-14(4-2-13)17-12-15-5-8-21-18-15/h1-5,8,17H,6-7,9-12H2. The van der Waals surface area contributed by atoms with Crippen LogP contribution < -0.4 is 5.32 Å². The predicted molar refractivity (Wildman–Crippen MR) is 87.9 cm³/mol. The van der Waals surface area contributed by atoms with Crippen LogP contribution in [0, 0.1) is 0 Å². The van der Waals surface area contributed by atoms with Crippen LogP contribution in [-0.2, 0) is 17.8 Å². The number of amides is 1. The van der Waals surface area contributed by atoms with Crippen molar-refractivity contribution in [1.29, 1.82) is 0 Å². The second-order valence-corrected chi connectivity index (χ2v) is 6.44. The molecule has 22 heavy (non-hydrogen) atoms. The van der Waals surface area contributed by atoms with E-state index in [9.17, 15) is 4.79 Å². The average molecular weight is 317 g/mol. The number of carbonyl (C=O) groups excluding carboxylic acids is 1. The summed E-state index contributed by atoms with van der Waals surface area (Å²) >= 11 is 1.91. The van der Waals surface area contributed by atoms with E-state index in [0.29, 0.717) is 13.0 Å². The van der Waals surface area contributed by atoms with Crippen LogP contribution in [-0.4, -0.2) is 40.6 Å². The molecule has 1 aliphatic rings. The highest BCUT2D eigenvalue weighted by atomic mass is 32.2. The van der Waals surface area contributed by atoms with Gasteiger partial charge in [-0.3, -0.25) is 4.79 Å². The number of nitrogens with zero attached hydrogens (tertiary/aromatic N) is 2. The summed E-state index contributed by atoms with van der Waals surface area (Å²) in [5.74, 6) is 2.33. The molecule has 2 heterocycles. The molecule has 1 aromatic carbocycles. The van der Waals surface area contributed by atoms with Crippen LogP contribution in [0.25, 0.3) is 0 Å². The van der Waals surface area contributed by atoms with E-state index < -0.39 is 0 Å². The van der Waals surface area contributed by atoms with E-state index in [1.165, 1.54) is 0 Å². The first-order chi connectivity index (χ1) is 10.8. The first kappa shape index (κ1) is 15.0. The van der Waals surface area contributed by atoms with E-state index in [-0.39, 0.29) is 5.91 Å². The Labute approximate surface area is 134 Å². The highest BCUT2D eigenvalue weighted by Gasteiger charge is 2.16. The number of aromatic nitrogens is 1. The van der Waals surface area contributed by atoms with Crippen molar-refractivity contribution in [3.8, 4) is 0 Å². The van der Waals surface area contributed by atoms with Crippen LogP contribution in [0.1, 0.15) is 11.3 Å². The summed E-state index contributed by atoms with van der Waals surface area (Å²) < 4.78 is 4.79. The van der Waals surface area contributed by atoms with E-state index in [0.717, 1.165) is 41.5 Å². The third-order valence-electron chi connectivity index (χ3n) is 3.64. The summed E-state index contributed by atoms with van der Waals surface area (Å²) in [6.07, 6.45) is 2.04. The molecule has 116 valence electrons. The molecule has 2 aromatic rings. The molecule has 0 radical (unpaired) electrons. The van der Waals surface area contributed by atoms with Crippen molar-refractivity contribution in [2.75, 3.05) is 29.9 Å². The fourth-order valence-corrected chi connectivity index (χ4v) is 3.26. The highest BCUT2D eigenvalue weighted by Crippen LogP contribution is 2.14. The van der Waals surface area contributed by atoms with E-state index in [1.54, 1.807) is 6.26 Å². The predicted octanol–water partition coefficient (Wildman–Crippen LogP) is 2.40. The third kappa shape index (κ3) is 4.04. The molecular formula is C16H19N3O2S. The number of anilines is 1. The lowest BCUT2D eigenvalue weighted by Gasteiger charge is -2.26. The van der Waals surface area contributed by atoms with Gasteiger partial charge in [-0.05, 0) is 17.7 Å². The molecular weight excluding hydrogens is 298 g/mol. The molecule has 0 unspecified atom stereocenters. The van der Waals surface area contributed by atoms with Gasteiger partial charge in [0, 0.05) is 36.3 Å². The summed E-state index contributed by atoms with van der Waals surface area (Å²) in [6, 6.07) is 9.82. The maximum atomic E-state index is 12.2. The van der Waals surface area contributed by atoms with Crippen molar-refractivity contribution < 1.29 is 9.32 Å². The Morgan fingerprint density at radius 2 is 2.00 bits per heavy atom. The van der Waals surface area contributed by atoms with Crippen LogP contribution >= 0.6 is 11.8 Å². The van der Waals surface area contributed by atoms with Crippen LogP contribution in [0.4, 0.5) is 5.69 Å². The van der Waals surface area contributed by atoms with Gasteiger partial charge in [0.15, 0.2) is 0 Å². The second kappa shape index (κ2) is 7.35. The van der Waals surface area contributed by atoms with Crippen molar-refractivity contribution in [3.63, 3.8) is 0 Å². The van der Waals surface area contributed by atoms with E-state index in [4.69, 9.17) is 4.52 Å². The lowest BCUT2D eigenvalue weighted by molar-refractivity contribution is -0.130. The summed E-state index contributed by atoms with van der Waals surface area (Å²) in [5.41, 5.74) is 2.92. The Morgan fingerprint density at radius 1 is 1.23 bits per heavy atom. The molecule has 1 fully saturated rings. The minimum absolute atomic E-state index is 0.226. The lowest BCUT2D eigenvalue weighted by Crippen LogP contribution is -2.38. The molecule has 5 nitrogen and oxygen atoms in total. The van der Waals surface area contributed by atoms with Crippen molar-refractivity contribution >= 4 is 23.4 Å². The Kier molecular flexibility index (Phi) is 5.00. The topological polar surface area (TPSA) is 58.4 Å². The number of thioether (sulfide) groups is 1. The minimum atomic E-state index is 0.226. The maximum absolute atomic E-state index is 12.2. The van der Waals surface area contributed by atoms with E-state index >= 15 is 0 Å². The molecule has 3 rings (SSSR count). The van der Waals surface area contributed by atoms with Gasteiger partial charge >= 0.3 is 0 Å². The third-order valence-corrected chi connectivity index (χ3v) is 4.58. The number of hydrogen-bond donors (Lipinski definition) is 1. The van der Waals surface area contributed by atoms with Crippen LogP contribution in [0.3, 0.4) is 0 Å². The molecule has 1 aromatic heterocycles. The van der Waals surface area contributed by atoms with Crippen LogP contribution in [0.15, 0.2) is 41.1 Å². The molecule has 1 N–H and O–H groups in total. The van der Waals surface area contributed by atoms with Gasteiger partial charge in [0.2, 0.25) is 5.91 Å². The fourth-order valence-electron chi connectivity index (χ4n) is 2.36. The average Bonchev–Trinajstić information content (AvgIpc) is 3.08. The molecule has 0 aliphatic carbocycles. The number of carbonyl (C=O) groups is 1. The minimum Gasteiger partial charge on any atom is -0.379 e. The highest BCUT2D eigenvalue weighted by molar-refractivity contribution is 7.99. The lowest BCUT2D eigenvalue weighted by atomic mass is 10.1. The molecule has 6 heteroatoms. The quantitative estimate of drug-likeness (QED) is 0.917. The molecule has 1 saturated heterocycles. The summed E-state index contributed by atoms with van der Waals surface area (Å²) in [7, 11) is 0. The monoisotopic (exact) mass is 317 g/mol. The van der Waals surface area contributed by atoms with E-state index in [2.05, 4.69) is 10.5 Å². The van der Waals surface area contributed by atoms with Gasteiger partial charge in [-0.25, -0.2) is 0 Å². The molecule has 1 amide bonds. The Morgan fingerprint density at radius 3 is 2.68 bits per heavy atom. The fraction of sp³-hybridized carbons (Fsp3) is 0.375. The van der Waals surface area contributed by atoms with Gasteiger partial charge < -0.3 is 14.7 Å². The van der Waals surface area contributed by atoms with Gasteiger partial charge in [-0.2, -0.15) is 11.8 Å². The number of rotatable bonds is 5. The van der Waals surface area contributed by atoms with Gasteiger partial charge in [-0.1, -0.05) is 17.3 Å². The van der Waals surface area contributed by atoms with Crippen LogP contribution in [0.5, 0.6) is 0 Å². The second-order valence-electron chi connectivity index (χ2n) is 5.21. The first-order valence-electron chi connectivity index (χ1n) is 7.39. The molecule has 0 bridgehead atoms. The number of nitrogens with one attached hydrogen (secondary N) is 1.